The van der Waals surface area contributed by atoms with Gasteiger partial charge in [0.1, 0.15) is 0 Å². The maximum atomic E-state index is 4.46. The molecule has 0 atom stereocenters. The quantitative estimate of drug-likeness (QED) is 0.132. The molecule has 0 radical (unpaired) electrons. The van der Waals surface area contributed by atoms with Crippen LogP contribution in [0.2, 0.25) is 0 Å². The summed E-state index contributed by atoms with van der Waals surface area (Å²) in [5, 5.41) is 0. The Morgan fingerprint density at radius 3 is 1.43 bits per heavy atom. The second-order valence-electron chi connectivity index (χ2n) is 21.6. The Bertz CT molecular complexity index is 3420. The predicted molar refractivity (Wildman–Crippen MR) is 306 cm³/mol. The molecule has 0 saturated heterocycles. The van der Waals surface area contributed by atoms with E-state index in [1.807, 2.05) is 0 Å². The second kappa shape index (κ2) is 18.0. The molecule has 0 unspecified atom stereocenters. The van der Waals surface area contributed by atoms with Gasteiger partial charge in [0.05, 0.1) is 16.5 Å². The summed E-state index contributed by atoms with van der Waals surface area (Å²) in [7, 11) is 0. The molecule has 11 rings (SSSR count). The van der Waals surface area contributed by atoms with Gasteiger partial charge >= 0.3 is 0 Å². The number of anilines is 3. The fourth-order valence-electron chi connectivity index (χ4n) is 12.1. The van der Waals surface area contributed by atoms with Crippen LogP contribution in [0, 0.1) is 0 Å². The van der Waals surface area contributed by atoms with E-state index < -0.39 is 10.8 Å². The maximum absolute atomic E-state index is 4.46. The van der Waals surface area contributed by atoms with E-state index in [1.54, 1.807) is 0 Å². The van der Waals surface area contributed by atoms with Crippen molar-refractivity contribution >= 4 is 22.6 Å². The lowest BCUT2D eigenvalue weighted by Crippen LogP contribution is -2.29. The van der Waals surface area contributed by atoms with Crippen LogP contribution in [-0.2, 0) is 21.7 Å². The SMILES string of the molecule is C=CC1=C(/C=C\C)C(c2ccccc2)(c2ccccc2)c2cc(N(c3ccc4c(c3)-c3ccccc3C4(c3ccc(C(C)(C)C)cc3)c3ccc(C(C)(C)C)cc3)c3ccccc3-c3ccccc3)ccc21. The highest BCUT2D eigenvalue weighted by atomic mass is 15.1. The lowest BCUT2D eigenvalue weighted by atomic mass is 9.66. The van der Waals surface area contributed by atoms with Crippen LogP contribution in [-0.4, -0.2) is 0 Å². The lowest BCUT2D eigenvalue weighted by Gasteiger charge is -2.36. The Morgan fingerprint density at radius 1 is 0.403 bits per heavy atom. The Hall–Kier alpha value is -8.00. The van der Waals surface area contributed by atoms with E-state index >= 15 is 0 Å². The van der Waals surface area contributed by atoms with Crippen molar-refractivity contribution < 1.29 is 0 Å². The minimum Gasteiger partial charge on any atom is -0.310 e. The fourth-order valence-corrected chi connectivity index (χ4v) is 12.1. The fraction of sp³-hybridized carbons (Fsp3) is 0.155. The molecule has 2 aliphatic rings. The van der Waals surface area contributed by atoms with E-state index in [-0.39, 0.29) is 10.8 Å². The van der Waals surface area contributed by atoms with Gasteiger partial charge in [0, 0.05) is 16.9 Å². The predicted octanol–water partition coefficient (Wildman–Crippen LogP) is 18.6. The summed E-state index contributed by atoms with van der Waals surface area (Å²) >= 11 is 0. The van der Waals surface area contributed by atoms with Gasteiger partial charge in [-0.2, -0.15) is 0 Å². The van der Waals surface area contributed by atoms with Gasteiger partial charge in [-0.05, 0) is 132 Å². The molecule has 0 aliphatic heterocycles. The van der Waals surface area contributed by atoms with Gasteiger partial charge in [0.2, 0.25) is 0 Å². The minimum absolute atomic E-state index is 0.0247. The summed E-state index contributed by atoms with van der Waals surface area (Å²) < 4.78 is 0. The van der Waals surface area contributed by atoms with E-state index in [4.69, 9.17) is 0 Å². The number of nitrogens with zero attached hydrogens (tertiary/aromatic N) is 1. The summed E-state index contributed by atoms with van der Waals surface area (Å²) in [6, 6.07) is 84.3. The van der Waals surface area contributed by atoms with Gasteiger partial charge in [-0.25, -0.2) is 0 Å². The van der Waals surface area contributed by atoms with Crippen molar-refractivity contribution in [2.45, 2.75) is 70.1 Å². The zero-order valence-corrected chi connectivity index (χ0v) is 42.7. The highest BCUT2D eigenvalue weighted by molar-refractivity contribution is 5.96. The Balaban J connectivity index is 1.20. The standard InChI is InChI=1S/C71H63N/c1-9-24-63-58(10-2)61-45-43-57(48-66(61)71(63,52-27-16-12-17-28-52)53-29-18-13-19-30-53)72(67-34-23-21-31-59(67)49-25-14-11-15-26-49)56-44-46-65-62(47-56)60-32-20-22-33-64(60)70(65,54-39-35-50(36-40-54)68(3,4)5)55-41-37-51(38-42-55)69(6,7)8/h9-48H,2H2,1,3-8H3/b24-9-. The smallest absolute Gasteiger partial charge is 0.0714 e. The molecule has 2 aliphatic carbocycles. The molecule has 0 bridgehead atoms. The molecule has 0 heterocycles. The van der Waals surface area contributed by atoms with Crippen molar-refractivity contribution in [1.82, 2.24) is 0 Å². The Morgan fingerprint density at radius 2 is 0.875 bits per heavy atom. The second-order valence-corrected chi connectivity index (χ2v) is 21.6. The van der Waals surface area contributed by atoms with Crippen LogP contribution in [0.15, 0.2) is 255 Å². The Kier molecular flexibility index (Phi) is 11.6. The number of allylic oxidation sites excluding steroid dienone is 5. The monoisotopic (exact) mass is 929 g/mol. The van der Waals surface area contributed by atoms with Crippen LogP contribution in [0.25, 0.3) is 27.8 Å². The van der Waals surface area contributed by atoms with Gasteiger partial charge < -0.3 is 4.90 Å². The molecular formula is C71H63N. The molecule has 0 amide bonds. The van der Waals surface area contributed by atoms with Gasteiger partial charge in [-0.15, -0.1) is 0 Å². The average molecular weight is 930 g/mol. The van der Waals surface area contributed by atoms with E-state index in [1.165, 1.54) is 72.3 Å². The molecule has 1 heteroatoms. The van der Waals surface area contributed by atoms with Crippen LogP contribution >= 0.6 is 0 Å². The van der Waals surface area contributed by atoms with Gasteiger partial charge in [-0.3, -0.25) is 0 Å². The van der Waals surface area contributed by atoms with Crippen LogP contribution in [0.5, 0.6) is 0 Å². The van der Waals surface area contributed by atoms with Crippen LogP contribution in [0.3, 0.4) is 0 Å². The summed E-state index contributed by atoms with van der Waals surface area (Å²) in [6.45, 7) is 20.4. The van der Waals surface area contributed by atoms with Crippen LogP contribution in [0.4, 0.5) is 17.1 Å². The van der Waals surface area contributed by atoms with E-state index in [0.29, 0.717) is 0 Å². The third-order valence-electron chi connectivity index (χ3n) is 15.5. The van der Waals surface area contributed by atoms with Crippen LogP contribution < -0.4 is 4.90 Å². The lowest BCUT2D eigenvalue weighted by molar-refractivity contribution is 0.588. The van der Waals surface area contributed by atoms with Crippen molar-refractivity contribution in [3.63, 3.8) is 0 Å². The number of hydrogen-bond acceptors (Lipinski definition) is 1. The first-order chi connectivity index (χ1) is 34.9. The van der Waals surface area contributed by atoms with Crippen molar-refractivity contribution in [3.8, 4) is 22.3 Å². The van der Waals surface area contributed by atoms with Crippen LogP contribution in [0.1, 0.15) is 104 Å². The number of para-hydroxylation sites is 1. The third-order valence-corrected chi connectivity index (χ3v) is 15.5. The zero-order chi connectivity index (χ0) is 49.8. The number of benzene rings is 9. The molecule has 0 aromatic heterocycles. The summed E-state index contributed by atoms with van der Waals surface area (Å²) in [5.41, 5.74) is 21.9. The normalized spacial score (nSPS) is 14.5. The summed E-state index contributed by atoms with van der Waals surface area (Å²) in [5.74, 6) is 0. The average Bonchev–Trinajstić information content (AvgIpc) is 3.86. The van der Waals surface area contributed by atoms with Gasteiger partial charge in [-0.1, -0.05) is 260 Å². The molecule has 9 aromatic carbocycles. The number of rotatable bonds is 10. The summed E-state index contributed by atoms with van der Waals surface area (Å²) in [4.78, 5) is 2.50. The van der Waals surface area contributed by atoms with Crippen molar-refractivity contribution in [1.29, 1.82) is 0 Å². The molecule has 9 aromatic rings. The molecule has 0 saturated carbocycles. The maximum Gasteiger partial charge on any atom is 0.0714 e. The molecule has 72 heavy (non-hydrogen) atoms. The highest BCUT2D eigenvalue weighted by Crippen LogP contribution is 2.59. The van der Waals surface area contributed by atoms with Crippen molar-refractivity contribution in [2.75, 3.05) is 4.90 Å². The first-order valence-corrected chi connectivity index (χ1v) is 25.6. The highest BCUT2D eigenvalue weighted by Gasteiger charge is 2.48. The van der Waals surface area contributed by atoms with Crippen molar-refractivity contribution in [3.05, 3.63) is 310 Å². The zero-order valence-electron chi connectivity index (χ0n) is 42.7. The molecule has 352 valence electrons. The Labute approximate surface area is 428 Å². The molecule has 0 spiro atoms. The number of fused-ring (bicyclic) bond motifs is 4. The number of hydrogen-bond donors (Lipinski definition) is 0. The first kappa shape index (κ1) is 46.4. The molecule has 0 fully saturated rings. The first-order valence-electron chi connectivity index (χ1n) is 25.6. The minimum atomic E-state index is -0.615. The summed E-state index contributed by atoms with van der Waals surface area (Å²) in [6.07, 6.45) is 6.53. The largest absolute Gasteiger partial charge is 0.310 e. The van der Waals surface area contributed by atoms with E-state index in [0.717, 1.165) is 33.8 Å². The van der Waals surface area contributed by atoms with Gasteiger partial charge in [0.15, 0.2) is 0 Å². The van der Waals surface area contributed by atoms with Crippen molar-refractivity contribution in [2.24, 2.45) is 0 Å². The van der Waals surface area contributed by atoms with Gasteiger partial charge in [0.25, 0.3) is 0 Å². The van der Waals surface area contributed by atoms with E-state index in [9.17, 15) is 0 Å². The molecular weight excluding hydrogens is 867 g/mol. The molecule has 0 N–H and O–H groups in total. The topological polar surface area (TPSA) is 3.24 Å². The van der Waals surface area contributed by atoms with E-state index in [2.05, 4.69) is 303 Å². The molecule has 1 nitrogen and oxygen atoms in total. The third kappa shape index (κ3) is 7.36.